The van der Waals surface area contributed by atoms with Gasteiger partial charge in [-0.3, -0.25) is 14.5 Å². The van der Waals surface area contributed by atoms with E-state index in [4.69, 9.17) is 0 Å². The van der Waals surface area contributed by atoms with Gasteiger partial charge in [-0.1, -0.05) is 35.4 Å². The largest absolute Gasteiger partial charge is 0.336 e. The van der Waals surface area contributed by atoms with E-state index in [9.17, 15) is 9.59 Å². The lowest BCUT2D eigenvalue weighted by molar-refractivity contribution is -0.117. The highest BCUT2D eigenvalue weighted by Gasteiger charge is 2.23. The lowest BCUT2D eigenvalue weighted by atomic mass is 10.1. The van der Waals surface area contributed by atoms with Crippen LogP contribution >= 0.6 is 0 Å². The van der Waals surface area contributed by atoms with Gasteiger partial charge >= 0.3 is 0 Å². The van der Waals surface area contributed by atoms with E-state index in [1.54, 1.807) is 0 Å². The molecule has 0 radical (unpaired) electrons. The average Bonchev–Trinajstić information content (AvgIpc) is 2.64. The molecule has 0 aromatic heterocycles. The first-order valence-electron chi connectivity index (χ1n) is 8.96. The Morgan fingerprint density at radius 2 is 1.38 bits per heavy atom. The van der Waals surface area contributed by atoms with Gasteiger partial charge in [0.15, 0.2) is 0 Å². The first-order valence-corrected chi connectivity index (χ1v) is 8.96. The molecule has 2 amide bonds. The topological polar surface area (TPSA) is 52.7 Å². The van der Waals surface area contributed by atoms with Crippen LogP contribution in [0.1, 0.15) is 21.5 Å². The number of hydrogen-bond acceptors (Lipinski definition) is 3. The van der Waals surface area contributed by atoms with Gasteiger partial charge in [0, 0.05) is 37.4 Å². The van der Waals surface area contributed by atoms with Crippen LogP contribution in [0.4, 0.5) is 5.69 Å². The van der Waals surface area contributed by atoms with E-state index in [0.29, 0.717) is 32.7 Å². The van der Waals surface area contributed by atoms with E-state index >= 15 is 0 Å². The SMILES string of the molecule is Cc1ccc(NC(=O)CN2CCN(C(=O)c3ccc(C)cc3)CC2)cc1. The van der Waals surface area contributed by atoms with Crippen molar-refractivity contribution < 1.29 is 9.59 Å². The van der Waals surface area contributed by atoms with Gasteiger partial charge in [-0.25, -0.2) is 0 Å². The number of anilines is 1. The van der Waals surface area contributed by atoms with Crippen molar-refractivity contribution in [1.29, 1.82) is 0 Å². The van der Waals surface area contributed by atoms with Gasteiger partial charge in [-0.05, 0) is 38.1 Å². The Kier molecular flexibility index (Phi) is 5.68. The predicted octanol–water partition coefficient (Wildman–Crippen LogP) is 2.70. The van der Waals surface area contributed by atoms with Crippen LogP contribution in [0.3, 0.4) is 0 Å². The first kappa shape index (κ1) is 18.1. The van der Waals surface area contributed by atoms with Crippen molar-refractivity contribution in [3.8, 4) is 0 Å². The number of aryl methyl sites for hydroxylation is 2. The zero-order valence-corrected chi connectivity index (χ0v) is 15.4. The highest BCUT2D eigenvalue weighted by atomic mass is 16.2. The Bertz CT molecular complexity index is 761. The van der Waals surface area contributed by atoms with Gasteiger partial charge in [0.25, 0.3) is 5.91 Å². The Balaban J connectivity index is 1.47. The zero-order valence-electron chi connectivity index (χ0n) is 15.4. The normalized spacial score (nSPS) is 14.9. The molecule has 136 valence electrons. The van der Waals surface area contributed by atoms with Gasteiger partial charge in [0.05, 0.1) is 6.54 Å². The fourth-order valence-corrected chi connectivity index (χ4v) is 3.03. The summed E-state index contributed by atoms with van der Waals surface area (Å²) in [4.78, 5) is 28.7. The van der Waals surface area contributed by atoms with E-state index in [-0.39, 0.29) is 11.8 Å². The smallest absolute Gasteiger partial charge is 0.253 e. The quantitative estimate of drug-likeness (QED) is 0.921. The molecule has 0 spiro atoms. The molecule has 1 saturated heterocycles. The molecule has 0 aliphatic carbocycles. The van der Waals surface area contributed by atoms with E-state index in [0.717, 1.165) is 22.4 Å². The van der Waals surface area contributed by atoms with Crippen molar-refractivity contribution >= 4 is 17.5 Å². The lowest BCUT2D eigenvalue weighted by Gasteiger charge is -2.34. The van der Waals surface area contributed by atoms with Gasteiger partial charge in [0.2, 0.25) is 5.91 Å². The second-order valence-electron chi connectivity index (χ2n) is 6.85. The van der Waals surface area contributed by atoms with Crippen molar-refractivity contribution in [2.75, 3.05) is 38.0 Å². The summed E-state index contributed by atoms with van der Waals surface area (Å²) in [5, 5.41) is 2.92. The first-order chi connectivity index (χ1) is 12.5. The summed E-state index contributed by atoms with van der Waals surface area (Å²) < 4.78 is 0. The second-order valence-corrected chi connectivity index (χ2v) is 6.85. The molecule has 1 aliphatic rings. The summed E-state index contributed by atoms with van der Waals surface area (Å²) >= 11 is 0. The van der Waals surface area contributed by atoms with Crippen LogP contribution in [0.15, 0.2) is 48.5 Å². The highest BCUT2D eigenvalue weighted by molar-refractivity contribution is 5.94. The molecule has 5 heteroatoms. The van der Waals surface area contributed by atoms with Crippen LogP contribution in [0, 0.1) is 13.8 Å². The van der Waals surface area contributed by atoms with Crippen molar-refractivity contribution in [3.05, 3.63) is 65.2 Å². The molecule has 0 unspecified atom stereocenters. The number of benzene rings is 2. The molecule has 2 aromatic carbocycles. The molecule has 3 rings (SSSR count). The van der Waals surface area contributed by atoms with Crippen LogP contribution in [0.5, 0.6) is 0 Å². The second kappa shape index (κ2) is 8.15. The number of nitrogens with zero attached hydrogens (tertiary/aromatic N) is 2. The Labute approximate surface area is 154 Å². The third kappa shape index (κ3) is 4.70. The van der Waals surface area contributed by atoms with Crippen LogP contribution in [0.2, 0.25) is 0 Å². The van der Waals surface area contributed by atoms with Gasteiger partial charge in [0.1, 0.15) is 0 Å². The highest BCUT2D eigenvalue weighted by Crippen LogP contribution is 2.11. The summed E-state index contributed by atoms with van der Waals surface area (Å²) in [7, 11) is 0. The molecular formula is C21H25N3O2. The Morgan fingerprint density at radius 1 is 0.846 bits per heavy atom. The Morgan fingerprint density at radius 3 is 1.96 bits per heavy atom. The minimum absolute atomic E-state index is 0.0211. The molecule has 26 heavy (non-hydrogen) atoms. The fraction of sp³-hybridized carbons (Fsp3) is 0.333. The molecule has 0 bridgehead atoms. The summed E-state index contributed by atoms with van der Waals surface area (Å²) in [5.41, 5.74) is 3.85. The number of amides is 2. The molecule has 2 aromatic rings. The van der Waals surface area contributed by atoms with E-state index < -0.39 is 0 Å². The molecule has 1 aliphatic heterocycles. The number of carbonyl (C=O) groups excluding carboxylic acids is 2. The number of nitrogens with one attached hydrogen (secondary N) is 1. The Hall–Kier alpha value is -2.66. The zero-order chi connectivity index (χ0) is 18.5. The van der Waals surface area contributed by atoms with Gasteiger partial charge in [-0.15, -0.1) is 0 Å². The van der Waals surface area contributed by atoms with Crippen molar-refractivity contribution in [3.63, 3.8) is 0 Å². The third-order valence-corrected chi connectivity index (χ3v) is 4.66. The molecular weight excluding hydrogens is 326 g/mol. The maximum absolute atomic E-state index is 12.5. The average molecular weight is 351 g/mol. The van der Waals surface area contributed by atoms with Crippen LogP contribution in [-0.4, -0.2) is 54.3 Å². The lowest BCUT2D eigenvalue weighted by Crippen LogP contribution is -2.50. The fourth-order valence-electron chi connectivity index (χ4n) is 3.03. The van der Waals surface area contributed by atoms with E-state index in [1.165, 1.54) is 0 Å². The minimum Gasteiger partial charge on any atom is -0.336 e. The maximum atomic E-state index is 12.5. The summed E-state index contributed by atoms with van der Waals surface area (Å²) in [6, 6.07) is 15.4. The summed E-state index contributed by atoms with van der Waals surface area (Å²) in [6.45, 7) is 7.07. The van der Waals surface area contributed by atoms with Crippen LogP contribution < -0.4 is 5.32 Å². The monoisotopic (exact) mass is 351 g/mol. The van der Waals surface area contributed by atoms with Crippen molar-refractivity contribution in [2.45, 2.75) is 13.8 Å². The standard InChI is InChI=1S/C21H25N3O2/c1-16-3-7-18(8-4-16)21(26)24-13-11-23(12-14-24)15-20(25)22-19-9-5-17(2)6-10-19/h3-10H,11-15H2,1-2H3,(H,22,25). The molecule has 0 atom stereocenters. The number of hydrogen-bond donors (Lipinski definition) is 1. The minimum atomic E-state index is -0.0211. The van der Waals surface area contributed by atoms with E-state index in [1.807, 2.05) is 67.3 Å². The van der Waals surface area contributed by atoms with Crippen LogP contribution in [-0.2, 0) is 4.79 Å². The number of rotatable bonds is 4. The summed E-state index contributed by atoms with van der Waals surface area (Å²) in [5.74, 6) is 0.0425. The molecule has 1 heterocycles. The maximum Gasteiger partial charge on any atom is 0.253 e. The number of piperazine rings is 1. The van der Waals surface area contributed by atoms with Crippen LogP contribution in [0.25, 0.3) is 0 Å². The van der Waals surface area contributed by atoms with E-state index in [2.05, 4.69) is 10.2 Å². The molecule has 1 fully saturated rings. The molecule has 5 nitrogen and oxygen atoms in total. The van der Waals surface area contributed by atoms with Crippen molar-refractivity contribution in [1.82, 2.24) is 9.80 Å². The van der Waals surface area contributed by atoms with Crippen molar-refractivity contribution in [2.24, 2.45) is 0 Å². The van der Waals surface area contributed by atoms with Gasteiger partial charge < -0.3 is 10.2 Å². The van der Waals surface area contributed by atoms with Gasteiger partial charge in [-0.2, -0.15) is 0 Å². The third-order valence-electron chi connectivity index (χ3n) is 4.66. The molecule has 0 saturated carbocycles. The molecule has 1 N–H and O–H groups in total. The number of carbonyl (C=O) groups is 2. The summed E-state index contributed by atoms with van der Waals surface area (Å²) in [6.07, 6.45) is 0. The predicted molar refractivity (Wildman–Crippen MR) is 103 cm³/mol.